The molecule has 1 aliphatic carbocycles. The van der Waals surface area contributed by atoms with Gasteiger partial charge < -0.3 is 4.98 Å². The fraction of sp³-hybridized carbons (Fsp3) is 0.348. The number of rotatable bonds is 5. The average Bonchev–Trinajstić information content (AvgIpc) is 3.38. The molecule has 150 valence electrons. The highest BCUT2D eigenvalue weighted by Crippen LogP contribution is 2.56. The van der Waals surface area contributed by atoms with Crippen LogP contribution in [0.3, 0.4) is 0 Å². The van der Waals surface area contributed by atoms with Crippen LogP contribution in [0.2, 0.25) is 0 Å². The van der Waals surface area contributed by atoms with Gasteiger partial charge in [0.2, 0.25) is 0 Å². The van der Waals surface area contributed by atoms with Gasteiger partial charge in [0.15, 0.2) is 0 Å². The van der Waals surface area contributed by atoms with Crippen LogP contribution < -0.4 is 0 Å². The number of alkyl halides is 3. The Kier molecular flexibility index (Phi) is 4.90. The van der Waals surface area contributed by atoms with E-state index in [1.807, 2.05) is 12.3 Å². The minimum atomic E-state index is -4.36. The molecule has 6 heteroatoms. The SMILES string of the molecule is CSCc1cccc2c(C(C)(c3ccc(C(F)(F)F)cc3)C3CC3C#N)c[nH]c12. The Labute approximate surface area is 172 Å². The molecule has 1 fully saturated rings. The normalized spacial score (nSPS) is 21.0. The Morgan fingerprint density at radius 3 is 2.41 bits per heavy atom. The molecule has 29 heavy (non-hydrogen) atoms. The van der Waals surface area contributed by atoms with Crippen molar-refractivity contribution < 1.29 is 13.2 Å². The van der Waals surface area contributed by atoms with Gasteiger partial charge in [-0.1, -0.05) is 37.3 Å². The van der Waals surface area contributed by atoms with Gasteiger partial charge in [-0.25, -0.2) is 0 Å². The molecule has 0 spiro atoms. The van der Waals surface area contributed by atoms with Gasteiger partial charge in [0.05, 0.1) is 17.6 Å². The summed E-state index contributed by atoms with van der Waals surface area (Å²) >= 11 is 1.74. The molecule has 1 aromatic heterocycles. The third-order valence-corrected chi connectivity index (χ3v) is 6.77. The van der Waals surface area contributed by atoms with Crippen molar-refractivity contribution in [2.24, 2.45) is 11.8 Å². The topological polar surface area (TPSA) is 39.6 Å². The molecule has 0 bridgehead atoms. The van der Waals surface area contributed by atoms with Crippen LogP contribution in [0.1, 0.15) is 35.6 Å². The van der Waals surface area contributed by atoms with E-state index in [1.54, 1.807) is 23.9 Å². The summed E-state index contributed by atoms with van der Waals surface area (Å²) in [6, 6.07) is 13.9. The van der Waals surface area contributed by atoms with Crippen molar-refractivity contribution in [3.63, 3.8) is 0 Å². The summed E-state index contributed by atoms with van der Waals surface area (Å²) in [6.07, 6.45) is 0.415. The molecule has 3 unspecified atom stereocenters. The predicted molar refractivity (Wildman–Crippen MR) is 111 cm³/mol. The molecule has 4 rings (SSSR count). The number of benzene rings is 2. The van der Waals surface area contributed by atoms with Crippen LogP contribution in [0.25, 0.3) is 10.9 Å². The summed E-state index contributed by atoms with van der Waals surface area (Å²) in [5.41, 5.74) is 2.91. The maximum Gasteiger partial charge on any atom is 0.416 e. The number of halogens is 3. The van der Waals surface area contributed by atoms with Crippen molar-refractivity contribution in [1.29, 1.82) is 5.26 Å². The molecular weight excluding hydrogens is 393 g/mol. The summed E-state index contributed by atoms with van der Waals surface area (Å²) < 4.78 is 39.2. The molecule has 0 saturated heterocycles. The smallest absolute Gasteiger partial charge is 0.361 e. The third-order valence-electron chi connectivity index (χ3n) is 6.17. The second kappa shape index (κ2) is 7.14. The number of H-pyrrole nitrogens is 1. The van der Waals surface area contributed by atoms with Gasteiger partial charge in [0, 0.05) is 28.3 Å². The monoisotopic (exact) mass is 414 g/mol. The van der Waals surface area contributed by atoms with Gasteiger partial charge in [-0.05, 0) is 47.4 Å². The van der Waals surface area contributed by atoms with Gasteiger partial charge in [-0.15, -0.1) is 0 Å². The van der Waals surface area contributed by atoms with Crippen LogP contribution in [0, 0.1) is 23.2 Å². The van der Waals surface area contributed by atoms with Crippen molar-refractivity contribution in [1.82, 2.24) is 4.98 Å². The number of hydrogen-bond donors (Lipinski definition) is 1. The van der Waals surface area contributed by atoms with E-state index in [0.717, 1.165) is 46.3 Å². The highest BCUT2D eigenvalue weighted by Gasteiger charge is 2.53. The Balaban J connectivity index is 1.87. The van der Waals surface area contributed by atoms with E-state index in [-0.39, 0.29) is 11.8 Å². The van der Waals surface area contributed by atoms with Gasteiger partial charge in [0.25, 0.3) is 0 Å². The molecule has 0 amide bonds. The number of nitriles is 1. The summed E-state index contributed by atoms with van der Waals surface area (Å²) in [4.78, 5) is 3.39. The van der Waals surface area contributed by atoms with Crippen LogP contribution >= 0.6 is 11.8 Å². The summed E-state index contributed by atoms with van der Waals surface area (Å²) in [6.45, 7) is 2.06. The second-order valence-electron chi connectivity index (χ2n) is 7.83. The fourth-order valence-corrected chi connectivity index (χ4v) is 5.02. The van der Waals surface area contributed by atoms with Crippen molar-refractivity contribution in [2.45, 2.75) is 30.7 Å². The zero-order valence-electron chi connectivity index (χ0n) is 16.2. The molecule has 0 aliphatic heterocycles. The molecule has 1 saturated carbocycles. The standard InChI is InChI=1S/C23H21F3N2S/c1-22(19-10-15(19)11-27,16-6-8-17(9-7-16)23(24,25)26)20-12-28-21-14(13-29-2)4-3-5-18(20)21/h3-9,12,15,19,28H,10,13H2,1-2H3. The van der Waals surface area contributed by atoms with Gasteiger partial charge >= 0.3 is 6.18 Å². The molecule has 1 heterocycles. The Morgan fingerprint density at radius 2 is 1.83 bits per heavy atom. The Hall–Kier alpha value is -2.39. The molecular formula is C23H21F3N2S. The largest absolute Gasteiger partial charge is 0.416 e. The number of nitrogens with zero attached hydrogens (tertiary/aromatic N) is 1. The lowest BCUT2D eigenvalue weighted by Crippen LogP contribution is -2.27. The van der Waals surface area contributed by atoms with E-state index in [4.69, 9.17) is 0 Å². The van der Waals surface area contributed by atoms with Crippen LogP contribution in [-0.4, -0.2) is 11.2 Å². The van der Waals surface area contributed by atoms with E-state index in [2.05, 4.69) is 36.4 Å². The van der Waals surface area contributed by atoms with Crippen LogP contribution in [0.15, 0.2) is 48.7 Å². The first kappa shape index (κ1) is 19.9. The van der Waals surface area contributed by atoms with Crippen molar-refractivity contribution in [3.8, 4) is 6.07 Å². The first-order chi connectivity index (χ1) is 13.8. The number of hydrogen-bond acceptors (Lipinski definition) is 2. The molecule has 3 aromatic rings. The van der Waals surface area contributed by atoms with Gasteiger partial charge in [-0.2, -0.15) is 30.2 Å². The third kappa shape index (κ3) is 3.32. The van der Waals surface area contributed by atoms with Crippen LogP contribution in [0.5, 0.6) is 0 Å². The number of thioether (sulfide) groups is 1. The van der Waals surface area contributed by atoms with E-state index in [9.17, 15) is 18.4 Å². The van der Waals surface area contributed by atoms with Crippen LogP contribution in [-0.2, 0) is 17.3 Å². The first-order valence-electron chi connectivity index (χ1n) is 9.46. The minimum Gasteiger partial charge on any atom is -0.361 e. The van der Waals surface area contributed by atoms with Gasteiger partial charge in [0.1, 0.15) is 0 Å². The van der Waals surface area contributed by atoms with E-state index in [1.165, 1.54) is 5.56 Å². The van der Waals surface area contributed by atoms with E-state index >= 15 is 0 Å². The molecule has 3 atom stereocenters. The van der Waals surface area contributed by atoms with E-state index in [0.29, 0.717) is 0 Å². The molecule has 0 radical (unpaired) electrons. The summed E-state index contributed by atoms with van der Waals surface area (Å²) in [7, 11) is 0. The Morgan fingerprint density at radius 1 is 1.14 bits per heavy atom. The molecule has 2 nitrogen and oxygen atoms in total. The second-order valence-corrected chi connectivity index (χ2v) is 8.70. The maximum atomic E-state index is 13.1. The first-order valence-corrected chi connectivity index (χ1v) is 10.9. The summed E-state index contributed by atoms with van der Waals surface area (Å²) in [5, 5.41) is 10.5. The average molecular weight is 414 g/mol. The zero-order chi connectivity index (χ0) is 20.8. The lowest BCUT2D eigenvalue weighted by molar-refractivity contribution is -0.137. The molecule has 1 N–H and O–H groups in total. The predicted octanol–water partition coefficient (Wildman–Crippen LogP) is 6.52. The highest BCUT2D eigenvalue weighted by atomic mass is 32.2. The Bertz CT molecular complexity index is 1080. The van der Waals surface area contributed by atoms with Crippen LogP contribution in [0.4, 0.5) is 13.2 Å². The number of aromatic nitrogens is 1. The van der Waals surface area contributed by atoms with Crippen molar-refractivity contribution in [3.05, 3.63) is 70.9 Å². The number of nitrogens with one attached hydrogen (secondary N) is 1. The lowest BCUT2D eigenvalue weighted by Gasteiger charge is -2.31. The molecule has 2 aromatic carbocycles. The number of aromatic amines is 1. The number of fused-ring (bicyclic) bond motifs is 1. The van der Waals surface area contributed by atoms with Crippen molar-refractivity contribution >= 4 is 22.7 Å². The lowest BCUT2D eigenvalue weighted by atomic mass is 9.71. The van der Waals surface area contributed by atoms with Gasteiger partial charge in [-0.3, -0.25) is 0 Å². The quantitative estimate of drug-likeness (QED) is 0.516. The van der Waals surface area contributed by atoms with Crippen molar-refractivity contribution in [2.75, 3.05) is 6.26 Å². The highest BCUT2D eigenvalue weighted by molar-refractivity contribution is 7.97. The molecule has 1 aliphatic rings. The minimum absolute atomic E-state index is 0.0763. The number of para-hydroxylation sites is 1. The zero-order valence-corrected chi connectivity index (χ0v) is 17.0. The van der Waals surface area contributed by atoms with E-state index < -0.39 is 17.2 Å². The fourth-order valence-electron chi connectivity index (χ4n) is 4.47. The maximum absolute atomic E-state index is 13.1. The summed E-state index contributed by atoms with van der Waals surface area (Å²) in [5.74, 6) is 0.868.